The number of carboxylic acids is 1. The van der Waals surface area contributed by atoms with Gasteiger partial charge in [-0.05, 0) is 31.0 Å². The van der Waals surface area contributed by atoms with Crippen molar-refractivity contribution in [2.45, 2.75) is 19.4 Å². The lowest BCUT2D eigenvalue weighted by atomic mass is 10.1. The molecule has 0 saturated heterocycles. The summed E-state index contributed by atoms with van der Waals surface area (Å²) in [4.78, 5) is 10.4. The summed E-state index contributed by atoms with van der Waals surface area (Å²) in [6.45, 7) is 3.08. The van der Waals surface area contributed by atoms with E-state index in [2.05, 4.69) is 24.4 Å². The Morgan fingerprint density at radius 3 is 2.10 bits per heavy atom. The molecule has 0 fully saturated rings. The minimum atomic E-state index is -0.959. The van der Waals surface area contributed by atoms with Crippen LogP contribution in [0.25, 0.3) is 0 Å². The molecule has 4 heteroatoms. The van der Waals surface area contributed by atoms with Crippen molar-refractivity contribution in [3.05, 3.63) is 66.2 Å². The molecule has 0 aliphatic carbocycles. The Labute approximate surface area is 125 Å². The lowest BCUT2D eigenvalue weighted by Gasteiger charge is -2.04. The van der Waals surface area contributed by atoms with E-state index in [-0.39, 0.29) is 0 Å². The Bertz CT molecular complexity index is 515. The highest BCUT2D eigenvalue weighted by Gasteiger charge is 2.10. The highest BCUT2D eigenvalue weighted by atomic mass is 16.4. The van der Waals surface area contributed by atoms with Gasteiger partial charge < -0.3 is 16.2 Å². The number of nitrogens with one attached hydrogen (secondary N) is 1. The topological polar surface area (TPSA) is 75.3 Å². The van der Waals surface area contributed by atoms with E-state index in [9.17, 15) is 4.79 Å². The maximum absolute atomic E-state index is 10.4. The molecule has 0 radical (unpaired) electrons. The average Bonchev–Trinajstić information content (AvgIpc) is 2.50. The molecular weight excluding hydrogens is 264 g/mol. The molecule has 0 aliphatic rings. The number of anilines is 1. The molecule has 0 unspecified atom stereocenters. The molecule has 4 N–H and O–H groups in total. The maximum atomic E-state index is 10.4. The van der Waals surface area contributed by atoms with Crippen LogP contribution in [-0.2, 0) is 11.2 Å². The molecule has 0 heterocycles. The Hall–Kier alpha value is -2.33. The predicted octanol–water partition coefficient (Wildman–Crippen LogP) is 2.76. The van der Waals surface area contributed by atoms with Crippen molar-refractivity contribution in [2.24, 2.45) is 5.73 Å². The largest absolute Gasteiger partial charge is 0.480 e. The first-order valence-corrected chi connectivity index (χ1v) is 6.94. The quantitative estimate of drug-likeness (QED) is 0.790. The van der Waals surface area contributed by atoms with Crippen LogP contribution in [-0.4, -0.2) is 23.7 Å². The first-order valence-electron chi connectivity index (χ1n) is 6.94. The summed E-state index contributed by atoms with van der Waals surface area (Å²) < 4.78 is 0. The number of rotatable bonds is 5. The van der Waals surface area contributed by atoms with Gasteiger partial charge in [0.2, 0.25) is 0 Å². The number of nitrogens with two attached hydrogens (primary N) is 1. The number of benzene rings is 2. The molecule has 0 aromatic heterocycles. The molecule has 2 rings (SSSR count). The summed E-state index contributed by atoms with van der Waals surface area (Å²) >= 11 is 0. The standard InChI is InChI=1S/C9H11NO2.C8H11N/c10-8(9(11)12)6-7-4-2-1-3-5-7;1-2-9-8-6-4-3-5-7-8/h1-5,8H,6,10H2,(H,11,12);3-7,9H,2H2,1H3/t8-;/m0./s1. The molecule has 1 atom stereocenters. The summed E-state index contributed by atoms with van der Waals surface area (Å²) in [5.41, 5.74) is 7.49. The third-order valence-corrected chi connectivity index (χ3v) is 2.77. The van der Waals surface area contributed by atoms with E-state index in [1.165, 1.54) is 5.69 Å². The first kappa shape index (κ1) is 16.7. The molecule has 2 aromatic rings. The highest BCUT2D eigenvalue weighted by molar-refractivity contribution is 5.73. The van der Waals surface area contributed by atoms with E-state index in [4.69, 9.17) is 10.8 Å². The molecule has 21 heavy (non-hydrogen) atoms. The Morgan fingerprint density at radius 1 is 1.10 bits per heavy atom. The van der Waals surface area contributed by atoms with Crippen molar-refractivity contribution >= 4 is 11.7 Å². The van der Waals surface area contributed by atoms with Crippen LogP contribution in [0.4, 0.5) is 5.69 Å². The lowest BCUT2D eigenvalue weighted by molar-refractivity contribution is -0.138. The molecule has 0 bridgehead atoms. The van der Waals surface area contributed by atoms with E-state index in [1.54, 1.807) is 0 Å². The van der Waals surface area contributed by atoms with E-state index in [0.717, 1.165) is 12.1 Å². The molecular formula is C17H22N2O2. The monoisotopic (exact) mass is 286 g/mol. The van der Waals surface area contributed by atoms with E-state index < -0.39 is 12.0 Å². The maximum Gasteiger partial charge on any atom is 0.320 e. The summed E-state index contributed by atoms with van der Waals surface area (Å²) in [7, 11) is 0. The second-order valence-corrected chi connectivity index (χ2v) is 4.53. The van der Waals surface area contributed by atoms with Crippen molar-refractivity contribution in [1.82, 2.24) is 0 Å². The van der Waals surface area contributed by atoms with Crippen LogP contribution in [0.2, 0.25) is 0 Å². The van der Waals surface area contributed by atoms with E-state index >= 15 is 0 Å². The number of hydrogen-bond acceptors (Lipinski definition) is 3. The van der Waals surface area contributed by atoms with E-state index in [0.29, 0.717) is 6.42 Å². The van der Waals surface area contributed by atoms with Crippen LogP contribution < -0.4 is 11.1 Å². The SMILES string of the molecule is CCNc1ccccc1.N[C@@H](Cc1ccccc1)C(=O)O. The fraction of sp³-hybridized carbons (Fsp3) is 0.235. The summed E-state index contributed by atoms with van der Waals surface area (Å²) in [6, 6.07) is 18.7. The van der Waals surface area contributed by atoms with Gasteiger partial charge >= 0.3 is 5.97 Å². The Morgan fingerprint density at radius 2 is 1.62 bits per heavy atom. The van der Waals surface area contributed by atoms with Crippen LogP contribution in [0.15, 0.2) is 60.7 Å². The van der Waals surface area contributed by atoms with Gasteiger partial charge in [0.25, 0.3) is 0 Å². The third kappa shape index (κ3) is 7.13. The van der Waals surface area contributed by atoms with Crippen molar-refractivity contribution in [2.75, 3.05) is 11.9 Å². The number of carboxylic acid groups (broad SMARTS) is 1. The molecule has 2 aromatic carbocycles. The van der Waals surface area contributed by atoms with Crippen LogP contribution in [0, 0.1) is 0 Å². The zero-order chi connectivity index (χ0) is 15.5. The smallest absolute Gasteiger partial charge is 0.320 e. The van der Waals surface area contributed by atoms with Gasteiger partial charge in [-0.2, -0.15) is 0 Å². The zero-order valence-corrected chi connectivity index (χ0v) is 12.2. The van der Waals surface area contributed by atoms with Crippen LogP contribution >= 0.6 is 0 Å². The van der Waals surface area contributed by atoms with Gasteiger partial charge in [0.05, 0.1) is 0 Å². The number of aliphatic carboxylic acids is 1. The molecule has 0 saturated carbocycles. The van der Waals surface area contributed by atoms with Gasteiger partial charge in [0.15, 0.2) is 0 Å². The first-order chi connectivity index (χ1) is 10.1. The van der Waals surface area contributed by atoms with Crippen LogP contribution in [0.3, 0.4) is 0 Å². The molecule has 0 aliphatic heterocycles. The Balaban J connectivity index is 0.000000219. The van der Waals surface area contributed by atoms with Crippen molar-refractivity contribution in [3.8, 4) is 0 Å². The van der Waals surface area contributed by atoms with Crippen molar-refractivity contribution < 1.29 is 9.90 Å². The third-order valence-electron chi connectivity index (χ3n) is 2.77. The van der Waals surface area contributed by atoms with Gasteiger partial charge in [0.1, 0.15) is 6.04 Å². The average molecular weight is 286 g/mol. The fourth-order valence-corrected chi connectivity index (χ4v) is 1.72. The van der Waals surface area contributed by atoms with Gasteiger partial charge in [-0.25, -0.2) is 0 Å². The zero-order valence-electron chi connectivity index (χ0n) is 12.2. The molecule has 0 spiro atoms. The normalized spacial score (nSPS) is 11.0. The minimum absolute atomic E-state index is 0.385. The number of para-hydroxylation sites is 1. The van der Waals surface area contributed by atoms with Crippen LogP contribution in [0.5, 0.6) is 0 Å². The van der Waals surface area contributed by atoms with E-state index in [1.807, 2.05) is 48.5 Å². The Kier molecular flexibility index (Phi) is 7.61. The highest BCUT2D eigenvalue weighted by Crippen LogP contribution is 2.03. The van der Waals surface area contributed by atoms with Gasteiger partial charge in [-0.3, -0.25) is 4.79 Å². The van der Waals surface area contributed by atoms with Gasteiger partial charge in [-0.1, -0.05) is 48.5 Å². The molecule has 0 amide bonds. The van der Waals surface area contributed by atoms with Crippen molar-refractivity contribution in [1.29, 1.82) is 0 Å². The van der Waals surface area contributed by atoms with Crippen LogP contribution in [0.1, 0.15) is 12.5 Å². The second kappa shape index (κ2) is 9.55. The lowest BCUT2D eigenvalue weighted by Crippen LogP contribution is -2.32. The predicted molar refractivity (Wildman–Crippen MR) is 86.4 cm³/mol. The number of carbonyl (C=O) groups is 1. The molecule has 4 nitrogen and oxygen atoms in total. The summed E-state index contributed by atoms with van der Waals surface area (Å²) in [5, 5.41) is 11.7. The summed E-state index contributed by atoms with van der Waals surface area (Å²) in [6.07, 6.45) is 0.385. The fourth-order valence-electron chi connectivity index (χ4n) is 1.72. The van der Waals surface area contributed by atoms with Gasteiger partial charge in [-0.15, -0.1) is 0 Å². The van der Waals surface area contributed by atoms with Gasteiger partial charge in [0, 0.05) is 12.2 Å². The number of hydrogen-bond donors (Lipinski definition) is 3. The minimum Gasteiger partial charge on any atom is -0.480 e. The molecule has 112 valence electrons. The van der Waals surface area contributed by atoms with Crippen molar-refractivity contribution in [3.63, 3.8) is 0 Å². The summed E-state index contributed by atoms with van der Waals surface area (Å²) in [5.74, 6) is -0.959. The second-order valence-electron chi connectivity index (χ2n) is 4.53.